The number of fused-ring (bicyclic) bond motifs is 1. The Morgan fingerprint density at radius 2 is 2.00 bits per heavy atom. The lowest BCUT2D eigenvalue weighted by atomic mass is 10.1. The molecule has 0 aliphatic rings. The third-order valence-electron chi connectivity index (χ3n) is 4.67. The third-order valence-corrected chi connectivity index (χ3v) is 4.67. The average molecular weight is 381 g/mol. The van der Waals surface area contributed by atoms with Crippen LogP contribution in [0, 0.1) is 13.8 Å². The maximum absolute atomic E-state index is 12.5. The Bertz CT molecular complexity index is 1040. The summed E-state index contributed by atoms with van der Waals surface area (Å²) < 4.78 is 6.76. The SMILES string of the molecule is COCc1ccccc1NC(=O)CCc1c(C)nc2c(C(N)=O)cnn2c1C. The number of carbonyl (C=O) groups is 2. The second-order valence-corrected chi connectivity index (χ2v) is 6.56. The average Bonchev–Trinajstić information content (AvgIpc) is 3.07. The first-order valence-electron chi connectivity index (χ1n) is 8.92. The van der Waals surface area contributed by atoms with Crippen LogP contribution in [0.25, 0.3) is 5.65 Å². The van der Waals surface area contributed by atoms with E-state index in [-0.39, 0.29) is 11.5 Å². The van der Waals surface area contributed by atoms with Gasteiger partial charge in [-0.15, -0.1) is 0 Å². The largest absolute Gasteiger partial charge is 0.380 e. The maximum atomic E-state index is 12.5. The zero-order valence-corrected chi connectivity index (χ0v) is 16.2. The topological polar surface area (TPSA) is 112 Å². The standard InChI is InChI=1S/C20H23N5O3/c1-12-15(13(2)25-20(23-12)16(10-22-25)19(21)27)8-9-18(26)24-17-7-5-4-6-14(17)11-28-3/h4-7,10H,8-9,11H2,1-3H3,(H2,21,27)(H,24,26). The molecule has 0 aliphatic carbocycles. The monoisotopic (exact) mass is 381 g/mol. The number of nitrogens with one attached hydrogen (secondary N) is 1. The molecular formula is C20H23N5O3. The van der Waals surface area contributed by atoms with E-state index < -0.39 is 5.91 Å². The molecule has 0 spiro atoms. The Morgan fingerprint density at radius 1 is 1.25 bits per heavy atom. The van der Waals surface area contributed by atoms with Crippen molar-refractivity contribution in [1.29, 1.82) is 0 Å². The predicted octanol–water partition coefficient (Wildman–Crippen LogP) is 2.16. The van der Waals surface area contributed by atoms with E-state index in [1.807, 2.05) is 38.1 Å². The Kier molecular flexibility index (Phi) is 5.70. The van der Waals surface area contributed by atoms with Crippen LogP contribution in [0.1, 0.15) is 39.3 Å². The molecule has 0 saturated heterocycles. The van der Waals surface area contributed by atoms with Crippen LogP contribution in [0.2, 0.25) is 0 Å². The highest BCUT2D eigenvalue weighted by Gasteiger charge is 2.17. The third kappa shape index (κ3) is 3.86. The summed E-state index contributed by atoms with van der Waals surface area (Å²) in [5, 5.41) is 7.14. The van der Waals surface area contributed by atoms with Gasteiger partial charge < -0.3 is 15.8 Å². The first-order chi connectivity index (χ1) is 13.4. The molecule has 3 rings (SSSR count). The van der Waals surface area contributed by atoms with E-state index in [9.17, 15) is 9.59 Å². The van der Waals surface area contributed by atoms with Gasteiger partial charge in [0.25, 0.3) is 5.91 Å². The summed E-state index contributed by atoms with van der Waals surface area (Å²) in [4.78, 5) is 28.4. The van der Waals surface area contributed by atoms with Gasteiger partial charge in [0.05, 0.1) is 12.8 Å². The number of benzene rings is 1. The van der Waals surface area contributed by atoms with Crippen molar-refractivity contribution in [1.82, 2.24) is 14.6 Å². The maximum Gasteiger partial charge on any atom is 0.254 e. The number of hydrogen-bond donors (Lipinski definition) is 2. The van der Waals surface area contributed by atoms with Crippen LogP contribution in [-0.2, 0) is 22.6 Å². The number of nitrogens with two attached hydrogens (primary N) is 1. The second-order valence-electron chi connectivity index (χ2n) is 6.56. The fourth-order valence-electron chi connectivity index (χ4n) is 3.22. The molecule has 0 fully saturated rings. The molecule has 1 aromatic carbocycles. The first kappa shape index (κ1) is 19.5. The van der Waals surface area contributed by atoms with Gasteiger partial charge in [-0.3, -0.25) is 9.59 Å². The number of primary amides is 1. The van der Waals surface area contributed by atoms with Crippen molar-refractivity contribution < 1.29 is 14.3 Å². The normalized spacial score (nSPS) is 11.0. The number of para-hydroxylation sites is 1. The smallest absolute Gasteiger partial charge is 0.254 e. The van der Waals surface area contributed by atoms with Gasteiger partial charge in [-0.2, -0.15) is 5.10 Å². The molecule has 0 atom stereocenters. The Hall–Kier alpha value is -3.26. The number of ether oxygens (including phenoxy) is 1. The van der Waals surface area contributed by atoms with Crippen molar-refractivity contribution in [3.63, 3.8) is 0 Å². The zero-order chi connectivity index (χ0) is 20.3. The molecule has 3 N–H and O–H groups in total. The van der Waals surface area contributed by atoms with Crippen LogP contribution in [0.3, 0.4) is 0 Å². The number of rotatable bonds is 7. The molecule has 0 unspecified atom stereocenters. The molecule has 2 aromatic heterocycles. The predicted molar refractivity (Wildman–Crippen MR) is 105 cm³/mol. The highest BCUT2D eigenvalue weighted by Crippen LogP contribution is 2.20. The van der Waals surface area contributed by atoms with Crippen molar-refractivity contribution >= 4 is 23.1 Å². The molecule has 0 saturated carbocycles. The summed E-state index contributed by atoms with van der Waals surface area (Å²) in [7, 11) is 1.62. The number of carbonyl (C=O) groups excluding carboxylic acids is 2. The molecule has 8 nitrogen and oxygen atoms in total. The van der Waals surface area contributed by atoms with E-state index in [1.54, 1.807) is 11.6 Å². The van der Waals surface area contributed by atoms with Crippen molar-refractivity contribution in [3.8, 4) is 0 Å². The molecule has 3 aromatic rings. The van der Waals surface area contributed by atoms with Crippen molar-refractivity contribution in [2.24, 2.45) is 5.73 Å². The quantitative estimate of drug-likeness (QED) is 0.651. The molecule has 146 valence electrons. The summed E-state index contributed by atoms with van der Waals surface area (Å²) in [6.07, 6.45) is 2.21. The Labute approximate surface area is 162 Å². The summed E-state index contributed by atoms with van der Waals surface area (Å²) in [5.41, 5.74) is 10.3. The van der Waals surface area contributed by atoms with E-state index in [0.29, 0.717) is 25.1 Å². The molecule has 0 bridgehead atoms. The van der Waals surface area contributed by atoms with Gasteiger partial charge in [0.1, 0.15) is 5.56 Å². The molecule has 2 heterocycles. The molecule has 28 heavy (non-hydrogen) atoms. The van der Waals surface area contributed by atoms with Crippen LogP contribution in [0.4, 0.5) is 5.69 Å². The first-order valence-corrected chi connectivity index (χ1v) is 8.92. The van der Waals surface area contributed by atoms with E-state index in [4.69, 9.17) is 10.5 Å². The van der Waals surface area contributed by atoms with E-state index in [0.717, 1.165) is 28.2 Å². The van der Waals surface area contributed by atoms with E-state index >= 15 is 0 Å². The minimum atomic E-state index is -0.567. The Morgan fingerprint density at radius 3 is 2.71 bits per heavy atom. The van der Waals surface area contributed by atoms with Gasteiger partial charge >= 0.3 is 0 Å². The van der Waals surface area contributed by atoms with Crippen molar-refractivity contribution in [2.75, 3.05) is 12.4 Å². The van der Waals surface area contributed by atoms with E-state index in [1.165, 1.54) is 6.20 Å². The fourth-order valence-corrected chi connectivity index (χ4v) is 3.22. The van der Waals surface area contributed by atoms with Gasteiger partial charge in [0, 0.05) is 36.2 Å². The van der Waals surface area contributed by atoms with Crippen LogP contribution in [-0.4, -0.2) is 33.5 Å². The highest BCUT2D eigenvalue weighted by molar-refractivity contribution is 5.98. The van der Waals surface area contributed by atoms with Gasteiger partial charge in [-0.05, 0) is 31.9 Å². The molecule has 8 heteroatoms. The number of methoxy groups -OCH3 is 1. The highest BCUT2D eigenvalue weighted by atomic mass is 16.5. The van der Waals surface area contributed by atoms with Crippen molar-refractivity contribution in [2.45, 2.75) is 33.3 Å². The second kappa shape index (κ2) is 8.18. The number of anilines is 1. The Balaban J connectivity index is 1.77. The van der Waals surface area contributed by atoms with Gasteiger partial charge in [-0.1, -0.05) is 18.2 Å². The van der Waals surface area contributed by atoms with Gasteiger partial charge in [-0.25, -0.2) is 9.50 Å². The number of aryl methyl sites for hydroxylation is 2. The van der Waals surface area contributed by atoms with E-state index in [2.05, 4.69) is 15.4 Å². The number of nitrogens with zero attached hydrogens (tertiary/aromatic N) is 3. The van der Waals surface area contributed by atoms with Gasteiger partial charge in [0.15, 0.2) is 5.65 Å². The summed E-state index contributed by atoms with van der Waals surface area (Å²) in [6, 6.07) is 7.54. The molecule has 2 amide bonds. The molecule has 0 aliphatic heterocycles. The van der Waals surface area contributed by atoms with Crippen LogP contribution >= 0.6 is 0 Å². The number of amides is 2. The van der Waals surface area contributed by atoms with Gasteiger partial charge in [0.2, 0.25) is 5.91 Å². The lowest BCUT2D eigenvalue weighted by Gasteiger charge is -2.13. The minimum absolute atomic E-state index is 0.0965. The number of hydrogen-bond acceptors (Lipinski definition) is 5. The zero-order valence-electron chi connectivity index (χ0n) is 16.2. The van der Waals surface area contributed by atoms with Crippen molar-refractivity contribution in [3.05, 3.63) is 58.5 Å². The lowest BCUT2D eigenvalue weighted by molar-refractivity contribution is -0.116. The number of aromatic nitrogens is 3. The summed E-state index contributed by atoms with van der Waals surface area (Å²) in [5.74, 6) is -0.663. The van der Waals surface area contributed by atoms with Crippen LogP contribution in [0.15, 0.2) is 30.5 Å². The van der Waals surface area contributed by atoms with Crippen LogP contribution in [0.5, 0.6) is 0 Å². The lowest BCUT2D eigenvalue weighted by Crippen LogP contribution is -2.16. The minimum Gasteiger partial charge on any atom is -0.380 e. The molecule has 0 radical (unpaired) electrons. The fraction of sp³-hybridized carbons (Fsp3) is 0.300. The molecular weight excluding hydrogens is 358 g/mol. The summed E-state index contributed by atoms with van der Waals surface area (Å²) in [6.45, 7) is 4.17. The summed E-state index contributed by atoms with van der Waals surface area (Å²) >= 11 is 0. The van der Waals surface area contributed by atoms with Crippen LogP contribution < -0.4 is 11.1 Å².